The molecule has 1 fully saturated rings. The predicted octanol–water partition coefficient (Wildman–Crippen LogP) is 5.53. The van der Waals surface area contributed by atoms with Crippen LogP contribution in [0.2, 0.25) is 0 Å². The summed E-state index contributed by atoms with van der Waals surface area (Å²) in [6, 6.07) is 17.4. The Morgan fingerprint density at radius 1 is 1.00 bits per heavy atom. The molecule has 2 aromatic carbocycles. The van der Waals surface area contributed by atoms with E-state index in [0.717, 1.165) is 30.6 Å². The highest BCUT2D eigenvalue weighted by Gasteiger charge is 2.46. The van der Waals surface area contributed by atoms with Crippen LogP contribution in [0.4, 0.5) is 17.1 Å². The second-order valence-corrected chi connectivity index (χ2v) is 7.95. The fourth-order valence-electron chi connectivity index (χ4n) is 3.70. The first-order valence-corrected chi connectivity index (χ1v) is 9.71. The maximum atomic E-state index is 13.0. The van der Waals surface area contributed by atoms with Crippen molar-refractivity contribution >= 4 is 28.9 Å². The first-order valence-electron chi connectivity index (χ1n) is 9.71. The molecular weight excluding hydrogens is 336 g/mol. The third kappa shape index (κ3) is 4.21. The number of benzene rings is 2. The van der Waals surface area contributed by atoms with Crippen LogP contribution in [0, 0.1) is 11.3 Å². The van der Waals surface area contributed by atoms with Gasteiger partial charge < -0.3 is 5.32 Å². The second-order valence-electron chi connectivity index (χ2n) is 7.95. The summed E-state index contributed by atoms with van der Waals surface area (Å²) in [6.45, 7) is 6.36. The van der Waals surface area contributed by atoms with E-state index in [-0.39, 0.29) is 23.1 Å². The van der Waals surface area contributed by atoms with Crippen LogP contribution in [0.5, 0.6) is 0 Å². The highest BCUT2D eigenvalue weighted by molar-refractivity contribution is 6.21. The number of unbranched alkanes of at least 4 members (excludes halogenated alkanes) is 1. The Labute approximate surface area is 161 Å². The van der Waals surface area contributed by atoms with Gasteiger partial charge in [0.15, 0.2) is 0 Å². The predicted molar refractivity (Wildman–Crippen MR) is 110 cm³/mol. The molecule has 1 aliphatic heterocycles. The topological polar surface area (TPSA) is 49.4 Å². The van der Waals surface area contributed by atoms with Crippen LogP contribution in [0.3, 0.4) is 0 Å². The summed E-state index contributed by atoms with van der Waals surface area (Å²) in [5.74, 6) is -0.401. The van der Waals surface area contributed by atoms with Crippen LogP contribution in [0.15, 0.2) is 54.6 Å². The van der Waals surface area contributed by atoms with Gasteiger partial charge >= 0.3 is 0 Å². The lowest BCUT2D eigenvalue weighted by Crippen LogP contribution is -2.35. The molecule has 27 heavy (non-hydrogen) atoms. The van der Waals surface area contributed by atoms with Crippen molar-refractivity contribution in [1.82, 2.24) is 0 Å². The van der Waals surface area contributed by atoms with Gasteiger partial charge in [0, 0.05) is 17.8 Å². The standard InChI is InChI=1S/C23H28N2O2/c1-4-5-15-23(2,3)20-16-21(26)25(22(20)27)19-13-11-18(12-14-19)24-17-9-7-6-8-10-17/h6-14,20,24H,4-5,15-16H2,1-3H3. The molecule has 1 aliphatic rings. The van der Waals surface area contributed by atoms with E-state index in [4.69, 9.17) is 0 Å². The van der Waals surface area contributed by atoms with Crippen molar-refractivity contribution in [2.24, 2.45) is 11.3 Å². The average Bonchev–Trinajstić information content (AvgIpc) is 2.97. The minimum Gasteiger partial charge on any atom is -0.356 e. The fraction of sp³-hybridized carbons (Fsp3) is 0.391. The second kappa shape index (κ2) is 7.95. The van der Waals surface area contributed by atoms with Crippen molar-refractivity contribution < 1.29 is 9.59 Å². The lowest BCUT2D eigenvalue weighted by Gasteiger charge is -2.30. The zero-order valence-corrected chi connectivity index (χ0v) is 16.4. The molecule has 0 aromatic heterocycles. The van der Waals surface area contributed by atoms with E-state index < -0.39 is 0 Å². The Morgan fingerprint density at radius 3 is 2.26 bits per heavy atom. The Balaban J connectivity index is 1.74. The van der Waals surface area contributed by atoms with Gasteiger partial charge in [0.25, 0.3) is 0 Å². The molecule has 142 valence electrons. The normalized spacial score (nSPS) is 17.4. The van der Waals surface area contributed by atoms with Crippen LogP contribution < -0.4 is 10.2 Å². The van der Waals surface area contributed by atoms with Gasteiger partial charge in [-0.1, -0.05) is 51.8 Å². The van der Waals surface area contributed by atoms with Crippen LogP contribution >= 0.6 is 0 Å². The highest BCUT2D eigenvalue weighted by Crippen LogP contribution is 2.41. The van der Waals surface area contributed by atoms with Crippen LogP contribution in [-0.2, 0) is 9.59 Å². The van der Waals surface area contributed by atoms with Crippen LogP contribution in [0.25, 0.3) is 0 Å². The van der Waals surface area contributed by atoms with Gasteiger partial charge in [-0.05, 0) is 48.2 Å². The van der Waals surface area contributed by atoms with E-state index in [2.05, 4.69) is 26.1 Å². The summed E-state index contributed by atoms with van der Waals surface area (Å²) in [5.41, 5.74) is 2.41. The minimum atomic E-state index is -0.237. The van der Waals surface area contributed by atoms with Gasteiger partial charge in [-0.2, -0.15) is 0 Å². The first kappa shape index (κ1) is 19.2. The van der Waals surface area contributed by atoms with Gasteiger partial charge in [0.1, 0.15) is 0 Å². The van der Waals surface area contributed by atoms with Crippen LogP contribution in [0.1, 0.15) is 46.5 Å². The third-order valence-electron chi connectivity index (χ3n) is 5.45. The molecule has 2 amide bonds. The summed E-state index contributed by atoms with van der Waals surface area (Å²) < 4.78 is 0. The average molecular weight is 364 g/mol. The third-order valence-corrected chi connectivity index (χ3v) is 5.45. The number of amides is 2. The SMILES string of the molecule is CCCCC(C)(C)C1CC(=O)N(c2ccc(Nc3ccccc3)cc2)C1=O. The molecule has 1 atom stereocenters. The van der Waals surface area contributed by atoms with Crippen molar-refractivity contribution in [1.29, 1.82) is 0 Å². The summed E-state index contributed by atoms with van der Waals surface area (Å²) >= 11 is 0. The molecule has 4 nitrogen and oxygen atoms in total. The number of anilines is 3. The quantitative estimate of drug-likeness (QED) is 0.658. The first-order chi connectivity index (χ1) is 12.9. The Bertz CT molecular complexity index is 797. The molecule has 1 heterocycles. The summed E-state index contributed by atoms with van der Waals surface area (Å²) in [7, 11) is 0. The number of rotatable bonds is 7. The van der Waals surface area contributed by atoms with E-state index in [1.807, 2.05) is 54.6 Å². The highest BCUT2D eigenvalue weighted by atomic mass is 16.2. The maximum absolute atomic E-state index is 13.0. The Morgan fingerprint density at radius 2 is 1.63 bits per heavy atom. The molecule has 0 aliphatic carbocycles. The van der Waals surface area contributed by atoms with E-state index in [0.29, 0.717) is 12.1 Å². The molecule has 0 bridgehead atoms. The number of carbonyl (C=O) groups is 2. The van der Waals surface area contributed by atoms with Crippen molar-refractivity contribution in [3.05, 3.63) is 54.6 Å². The summed E-state index contributed by atoms with van der Waals surface area (Å²) in [5, 5.41) is 3.31. The smallest absolute Gasteiger partial charge is 0.237 e. The lowest BCUT2D eigenvalue weighted by molar-refractivity contribution is -0.124. The molecule has 0 saturated carbocycles. The van der Waals surface area contributed by atoms with E-state index in [9.17, 15) is 9.59 Å². The summed E-state index contributed by atoms with van der Waals surface area (Å²) in [6.07, 6.45) is 3.43. The maximum Gasteiger partial charge on any atom is 0.237 e. The van der Waals surface area contributed by atoms with E-state index in [1.54, 1.807) is 0 Å². The number of nitrogens with one attached hydrogen (secondary N) is 1. The molecule has 2 aromatic rings. The van der Waals surface area contributed by atoms with E-state index in [1.165, 1.54) is 4.90 Å². The van der Waals surface area contributed by atoms with Crippen LogP contribution in [-0.4, -0.2) is 11.8 Å². The number of nitrogens with zero attached hydrogens (tertiary/aromatic N) is 1. The molecule has 4 heteroatoms. The van der Waals surface area contributed by atoms with Crippen molar-refractivity contribution in [2.75, 3.05) is 10.2 Å². The molecule has 1 N–H and O–H groups in total. The molecule has 3 rings (SSSR count). The van der Waals surface area contributed by atoms with Gasteiger partial charge in [0.2, 0.25) is 11.8 Å². The number of carbonyl (C=O) groups excluding carboxylic acids is 2. The molecule has 0 radical (unpaired) electrons. The monoisotopic (exact) mass is 364 g/mol. The fourth-order valence-corrected chi connectivity index (χ4v) is 3.70. The number of hydrogen-bond donors (Lipinski definition) is 1. The summed E-state index contributed by atoms with van der Waals surface area (Å²) in [4.78, 5) is 26.9. The van der Waals surface area contributed by atoms with Crippen molar-refractivity contribution in [2.45, 2.75) is 46.5 Å². The molecule has 1 saturated heterocycles. The molecular formula is C23H28N2O2. The number of hydrogen-bond acceptors (Lipinski definition) is 3. The zero-order chi connectivity index (χ0) is 19.4. The van der Waals surface area contributed by atoms with Gasteiger partial charge in [-0.25, -0.2) is 0 Å². The molecule has 1 unspecified atom stereocenters. The van der Waals surface area contributed by atoms with Gasteiger partial charge in [0.05, 0.1) is 11.6 Å². The van der Waals surface area contributed by atoms with Gasteiger partial charge in [-0.3, -0.25) is 14.5 Å². The van der Waals surface area contributed by atoms with E-state index >= 15 is 0 Å². The lowest BCUT2D eigenvalue weighted by atomic mass is 9.74. The Kier molecular flexibility index (Phi) is 5.64. The van der Waals surface area contributed by atoms with Crippen molar-refractivity contribution in [3.8, 4) is 0 Å². The largest absolute Gasteiger partial charge is 0.356 e. The van der Waals surface area contributed by atoms with Crippen molar-refractivity contribution in [3.63, 3.8) is 0 Å². The zero-order valence-electron chi connectivity index (χ0n) is 16.4. The minimum absolute atomic E-state index is 0.0649. The Hall–Kier alpha value is -2.62. The number of imide groups is 1. The number of para-hydroxylation sites is 1. The van der Waals surface area contributed by atoms with Gasteiger partial charge in [-0.15, -0.1) is 0 Å². The molecule has 0 spiro atoms.